The molecule has 2 rings (SSSR count). The fourth-order valence-electron chi connectivity index (χ4n) is 2.22. The van der Waals surface area contributed by atoms with Crippen molar-refractivity contribution in [3.63, 3.8) is 0 Å². The van der Waals surface area contributed by atoms with E-state index in [1.807, 2.05) is 0 Å². The Hall–Kier alpha value is -0.240. The average molecular weight is 310 g/mol. The molecule has 2 heterocycles. The molecular formula is C10H16ClN3O2S2. The van der Waals surface area contributed by atoms with Crippen molar-refractivity contribution in [3.05, 3.63) is 10.0 Å². The van der Waals surface area contributed by atoms with E-state index in [0.29, 0.717) is 23.1 Å². The summed E-state index contributed by atoms with van der Waals surface area (Å²) in [6.45, 7) is 3.52. The molecule has 0 saturated carbocycles. The minimum absolute atomic E-state index is 0.0905. The molecule has 0 amide bonds. The SMILES string of the molecule is CCCN(Cc1nnsc1Cl)C1CCS(=O)(=O)C1. The van der Waals surface area contributed by atoms with Gasteiger partial charge in [-0.05, 0) is 19.4 Å². The molecule has 1 fully saturated rings. The number of nitrogens with zero attached hydrogens (tertiary/aromatic N) is 3. The van der Waals surface area contributed by atoms with Crippen LogP contribution in [0.1, 0.15) is 25.5 Å². The third-order valence-electron chi connectivity index (χ3n) is 3.10. The molecule has 5 nitrogen and oxygen atoms in total. The van der Waals surface area contributed by atoms with Crippen LogP contribution in [0.15, 0.2) is 0 Å². The van der Waals surface area contributed by atoms with E-state index < -0.39 is 9.84 Å². The normalized spacial score (nSPS) is 22.7. The molecule has 1 saturated heterocycles. The second-order valence-corrected chi connectivity index (χ2v) is 8.11. The molecular weight excluding hydrogens is 294 g/mol. The van der Waals surface area contributed by atoms with Crippen LogP contribution in [0.25, 0.3) is 0 Å². The number of rotatable bonds is 5. The Morgan fingerprint density at radius 3 is 2.83 bits per heavy atom. The van der Waals surface area contributed by atoms with Gasteiger partial charge in [-0.15, -0.1) is 5.10 Å². The molecule has 1 aliphatic rings. The summed E-state index contributed by atoms with van der Waals surface area (Å²) in [6.07, 6.45) is 1.68. The lowest BCUT2D eigenvalue weighted by molar-refractivity contribution is 0.201. The largest absolute Gasteiger partial charge is 0.293 e. The van der Waals surface area contributed by atoms with E-state index in [1.54, 1.807) is 0 Å². The van der Waals surface area contributed by atoms with Gasteiger partial charge < -0.3 is 0 Å². The predicted octanol–water partition coefficient (Wildman–Crippen LogP) is 1.59. The summed E-state index contributed by atoms with van der Waals surface area (Å²) in [4.78, 5) is 2.16. The van der Waals surface area contributed by atoms with Crippen molar-refractivity contribution in [3.8, 4) is 0 Å². The van der Waals surface area contributed by atoms with Crippen molar-refractivity contribution in [2.24, 2.45) is 0 Å². The van der Waals surface area contributed by atoms with Crippen molar-refractivity contribution < 1.29 is 8.42 Å². The highest BCUT2D eigenvalue weighted by molar-refractivity contribution is 7.91. The summed E-state index contributed by atoms with van der Waals surface area (Å²) in [5.41, 5.74) is 0.749. The molecule has 0 aromatic carbocycles. The van der Waals surface area contributed by atoms with E-state index >= 15 is 0 Å². The van der Waals surface area contributed by atoms with Crippen molar-refractivity contribution in [1.82, 2.24) is 14.5 Å². The van der Waals surface area contributed by atoms with Crippen LogP contribution >= 0.6 is 23.1 Å². The molecule has 0 bridgehead atoms. The Morgan fingerprint density at radius 2 is 2.33 bits per heavy atom. The first-order chi connectivity index (χ1) is 8.52. The third kappa shape index (κ3) is 3.40. The van der Waals surface area contributed by atoms with E-state index in [0.717, 1.165) is 18.7 Å². The molecule has 0 spiro atoms. The lowest BCUT2D eigenvalue weighted by Gasteiger charge is -2.26. The molecule has 1 aromatic heterocycles. The van der Waals surface area contributed by atoms with E-state index in [2.05, 4.69) is 21.4 Å². The molecule has 0 radical (unpaired) electrons. The maximum atomic E-state index is 11.5. The van der Waals surface area contributed by atoms with Gasteiger partial charge in [0.2, 0.25) is 0 Å². The minimum atomic E-state index is -2.86. The van der Waals surface area contributed by atoms with Crippen LogP contribution in [0, 0.1) is 0 Å². The summed E-state index contributed by atoms with van der Waals surface area (Å²) < 4.78 is 27.5. The van der Waals surface area contributed by atoms with Gasteiger partial charge >= 0.3 is 0 Å². The van der Waals surface area contributed by atoms with Gasteiger partial charge in [0.15, 0.2) is 9.84 Å². The van der Waals surface area contributed by atoms with Crippen LogP contribution in [0.5, 0.6) is 0 Å². The van der Waals surface area contributed by atoms with Gasteiger partial charge in [-0.3, -0.25) is 4.90 Å². The molecule has 18 heavy (non-hydrogen) atoms. The highest BCUT2D eigenvalue weighted by atomic mass is 35.5. The van der Waals surface area contributed by atoms with Crippen LogP contribution in [0.2, 0.25) is 4.34 Å². The van der Waals surface area contributed by atoms with Gasteiger partial charge in [0.1, 0.15) is 10.0 Å². The van der Waals surface area contributed by atoms with Gasteiger partial charge in [-0.25, -0.2) is 8.42 Å². The fourth-order valence-corrected chi connectivity index (χ4v) is 4.60. The monoisotopic (exact) mass is 309 g/mol. The van der Waals surface area contributed by atoms with Crippen LogP contribution in [0.3, 0.4) is 0 Å². The molecule has 1 unspecified atom stereocenters. The third-order valence-corrected chi connectivity index (χ3v) is 5.83. The number of halogens is 1. The molecule has 1 atom stereocenters. The first kappa shape index (κ1) is 14.2. The van der Waals surface area contributed by atoms with Crippen LogP contribution in [-0.2, 0) is 16.4 Å². The van der Waals surface area contributed by atoms with Crippen LogP contribution in [-0.4, -0.2) is 47.0 Å². The lowest BCUT2D eigenvalue weighted by Crippen LogP contribution is -2.36. The number of sulfone groups is 1. The first-order valence-electron chi connectivity index (χ1n) is 5.93. The van der Waals surface area contributed by atoms with Crippen LogP contribution in [0.4, 0.5) is 0 Å². The molecule has 8 heteroatoms. The minimum Gasteiger partial charge on any atom is -0.293 e. The average Bonchev–Trinajstić information content (AvgIpc) is 2.85. The second-order valence-electron chi connectivity index (χ2n) is 4.52. The number of hydrogen-bond acceptors (Lipinski definition) is 6. The van der Waals surface area contributed by atoms with Crippen molar-refractivity contribution in [2.45, 2.75) is 32.4 Å². The Labute approximate surface area is 116 Å². The van der Waals surface area contributed by atoms with E-state index in [9.17, 15) is 8.42 Å². The molecule has 1 aromatic rings. The zero-order chi connectivity index (χ0) is 13.2. The number of hydrogen-bond donors (Lipinski definition) is 0. The topological polar surface area (TPSA) is 63.2 Å². The maximum Gasteiger partial charge on any atom is 0.151 e. The second kappa shape index (κ2) is 5.81. The standard InChI is InChI=1S/C10H16ClN3O2S2/c1-2-4-14(6-9-10(11)17-13-12-9)8-3-5-18(15,16)7-8/h8H,2-7H2,1H3. The van der Waals surface area contributed by atoms with Gasteiger partial charge in [0, 0.05) is 24.1 Å². The quantitative estimate of drug-likeness (QED) is 0.826. The molecule has 0 N–H and O–H groups in total. The summed E-state index contributed by atoms with van der Waals surface area (Å²) in [6, 6.07) is 0.0905. The molecule has 1 aliphatic heterocycles. The molecule has 0 aliphatic carbocycles. The van der Waals surface area contributed by atoms with Crippen LogP contribution < -0.4 is 0 Å². The Bertz CT molecular complexity index is 503. The lowest BCUT2D eigenvalue weighted by atomic mass is 10.2. The van der Waals surface area contributed by atoms with E-state index in [-0.39, 0.29) is 11.8 Å². The first-order valence-corrected chi connectivity index (χ1v) is 8.90. The van der Waals surface area contributed by atoms with E-state index in [1.165, 1.54) is 11.5 Å². The molecule has 102 valence electrons. The van der Waals surface area contributed by atoms with Crippen molar-refractivity contribution in [1.29, 1.82) is 0 Å². The Balaban J connectivity index is 2.07. The summed E-state index contributed by atoms with van der Waals surface area (Å²) >= 11 is 7.16. The summed E-state index contributed by atoms with van der Waals surface area (Å²) in [5, 5.41) is 3.99. The zero-order valence-electron chi connectivity index (χ0n) is 10.2. The summed E-state index contributed by atoms with van der Waals surface area (Å²) in [7, 11) is -2.86. The van der Waals surface area contributed by atoms with Crippen molar-refractivity contribution in [2.75, 3.05) is 18.1 Å². The smallest absolute Gasteiger partial charge is 0.151 e. The zero-order valence-corrected chi connectivity index (χ0v) is 12.6. The predicted molar refractivity (Wildman–Crippen MR) is 72.7 cm³/mol. The Morgan fingerprint density at radius 1 is 1.56 bits per heavy atom. The van der Waals surface area contributed by atoms with Gasteiger partial charge in [-0.1, -0.05) is 23.0 Å². The summed E-state index contributed by atoms with van der Waals surface area (Å²) in [5.74, 6) is 0.545. The highest BCUT2D eigenvalue weighted by Crippen LogP contribution is 2.23. The van der Waals surface area contributed by atoms with Gasteiger partial charge in [-0.2, -0.15) is 0 Å². The number of aromatic nitrogens is 2. The highest BCUT2D eigenvalue weighted by Gasteiger charge is 2.32. The fraction of sp³-hybridized carbons (Fsp3) is 0.800. The Kier molecular flexibility index (Phi) is 4.58. The van der Waals surface area contributed by atoms with Crippen molar-refractivity contribution >= 4 is 33.0 Å². The van der Waals surface area contributed by atoms with Gasteiger partial charge in [0.25, 0.3) is 0 Å². The van der Waals surface area contributed by atoms with Gasteiger partial charge in [0.05, 0.1) is 11.5 Å². The maximum absolute atomic E-state index is 11.5. The van der Waals surface area contributed by atoms with E-state index in [4.69, 9.17) is 11.6 Å².